The molecule has 1 fully saturated rings. The minimum Gasteiger partial charge on any atom is -0.508 e. The summed E-state index contributed by atoms with van der Waals surface area (Å²) in [6.07, 6.45) is 2.39. The molecular weight excluding hydrogens is 346 g/mol. The average molecular weight is 361 g/mol. The van der Waals surface area contributed by atoms with Gasteiger partial charge in [-0.3, -0.25) is 0 Å². The third-order valence-corrected chi connectivity index (χ3v) is 5.92. The highest BCUT2D eigenvalue weighted by atomic mass is 32.2. The first-order chi connectivity index (χ1) is 11.6. The van der Waals surface area contributed by atoms with Crippen LogP contribution in [0.3, 0.4) is 0 Å². The summed E-state index contributed by atoms with van der Waals surface area (Å²) in [5.74, 6) is 0.708. The van der Waals surface area contributed by atoms with Gasteiger partial charge in [-0.15, -0.1) is 10.2 Å². The first-order valence-electron chi connectivity index (χ1n) is 7.58. The van der Waals surface area contributed by atoms with Gasteiger partial charge in [-0.25, -0.2) is 4.79 Å². The maximum Gasteiger partial charge on any atom is 0.336 e. The minimum atomic E-state index is -0.417. The Hall–Kier alpha value is -2.06. The lowest BCUT2D eigenvalue weighted by Crippen LogP contribution is -2.00. The highest BCUT2D eigenvalue weighted by Crippen LogP contribution is 2.34. The Morgan fingerprint density at radius 3 is 3.04 bits per heavy atom. The molecule has 0 saturated heterocycles. The molecule has 6 nitrogen and oxygen atoms in total. The second-order valence-corrected chi connectivity index (χ2v) is 7.96. The number of hydrogen-bond donors (Lipinski definition) is 2. The van der Waals surface area contributed by atoms with E-state index in [4.69, 9.17) is 4.42 Å². The molecule has 1 aliphatic carbocycles. The van der Waals surface area contributed by atoms with Gasteiger partial charge in [0.2, 0.25) is 5.13 Å². The number of fused-ring (bicyclic) bond motifs is 1. The van der Waals surface area contributed by atoms with Gasteiger partial charge in [-0.05, 0) is 37.5 Å². The van der Waals surface area contributed by atoms with Gasteiger partial charge >= 0.3 is 5.63 Å². The van der Waals surface area contributed by atoms with Gasteiger partial charge in [0.25, 0.3) is 0 Å². The Balaban J connectivity index is 1.58. The van der Waals surface area contributed by atoms with Crippen LogP contribution in [0.5, 0.6) is 5.75 Å². The average Bonchev–Trinajstić information content (AvgIpc) is 3.26. The molecule has 0 aliphatic heterocycles. The maximum absolute atomic E-state index is 11.8. The molecule has 0 radical (unpaired) electrons. The number of benzene rings is 1. The number of hydrogen-bond acceptors (Lipinski definition) is 8. The van der Waals surface area contributed by atoms with E-state index in [1.54, 1.807) is 19.1 Å². The molecule has 0 atom stereocenters. The van der Waals surface area contributed by atoms with Crippen LogP contribution < -0.4 is 10.9 Å². The van der Waals surface area contributed by atoms with Crippen LogP contribution >= 0.6 is 23.1 Å². The van der Waals surface area contributed by atoms with Gasteiger partial charge in [-0.1, -0.05) is 23.1 Å². The third kappa shape index (κ3) is 3.11. The monoisotopic (exact) mass is 361 g/mol. The van der Waals surface area contributed by atoms with Crippen molar-refractivity contribution in [3.63, 3.8) is 0 Å². The van der Waals surface area contributed by atoms with Crippen molar-refractivity contribution in [3.05, 3.63) is 39.7 Å². The molecule has 4 rings (SSSR count). The van der Waals surface area contributed by atoms with Gasteiger partial charge in [-0.2, -0.15) is 0 Å². The predicted octanol–water partition coefficient (Wildman–Crippen LogP) is 3.53. The molecule has 1 aliphatic rings. The molecule has 8 heteroatoms. The molecule has 2 heterocycles. The second kappa shape index (κ2) is 6.10. The van der Waals surface area contributed by atoms with E-state index < -0.39 is 5.63 Å². The third-order valence-electron chi connectivity index (χ3n) is 3.88. The van der Waals surface area contributed by atoms with Crippen molar-refractivity contribution >= 4 is 39.2 Å². The lowest BCUT2D eigenvalue weighted by atomic mass is 10.1. The van der Waals surface area contributed by atoms with Crippen molar-refractivity contribution in [2.24, 2.45) is 0 Å². The standard InChI is InChI=1S/C16H15N3O3S2/c1-8-12(20)5-4-11-9(6-13(21)22-14(8)11)7-23-16-19-18-15(24-16)17-10-2-3-10/h4-6,10,20H,2-3,7H2,1H3,(H,17,18). The van der Waals surface area contributed by atoms with Crippen molar-refractivity contribution < 1.29 is 9.52 Å². The zero-order valence-corrected chi connectivity index (χ0v) is 14.5. The highest BCUT2D eigenvalue weighted by molar-refractivity contribution is 8.00. The minimum absolute atomic E-state index is 0.121. The fraction of sp³-hybridized carbons (Fsp3) is 0.312. The first-order valence-corrected chi connectivity index (χ1v) is 9.38. The lowest BCUT2D eigenvalue weighted by Gasteiger charge is -2.07. The van der Waals surface area contributed by atoms with Gasteiger partial charge < -0.3 is 14.8 Å². The Labute approximate surface area is 145 Å². The molecule has 0 amide bonds. The predicted molar refractivity (Wildman–Crippen MR) is 95.0 cm³/mol. The van der Waals surface area contributed by atoms with E-state index in [2.05, 4.69) is 15.5 Å². The largest absolute Gasteiger partial charge is 0.508 e. The summed E-state index contributed by atoms with van der Waals surface area (Å²) in [6, 6.07) is 5.44. The van der Waals surface area contributed by atoms with Crippen LogP contribution in [0.2, 0.25) is 0 Å². The Bertz CT molecular complexity index is 963. The zero-order chi connectivity index (χ0) is 16.7. The van der Waals surface area contributed by atoms with Crippen molar-refractivity contribution in [2.75, 3.05) is 5.32 Å². The molecule has 0 bridgehead atoms. The number of rotatable bonds is 5. The molecule has 2 N–H and O–H groups in total. The molecule has 24 heavy (non-hydrogen) atoms. The molecule has 3 aromatic rings. The number of aryl methyl sites for hydroxylation is 1. The molecular formula is C16H15N3O3S2. The van der Waals surface area contributed by atoms with Gasteiger partial charge in [0.05, 0.1) is 0 Å². The highest BCUT2D eigenvalue weighted by Gasteiger charge is 2.22. The summed E-state index contributed by atoms with van der Waals surface area (Å²) >= 11 is 3.06. The Kier molecular flexibility index (Phi) is 3.93. The van der Waals surface area contributed by atoms with Crippen molar-refractivity contribution in [2.45, 2.75) is 35.9 Å². The number of thioether (sulfide) groups is 1. The number of phenolic OH excluding ortho intramolecular Hbond substituents is 1. The van der Waals surface area contributed by atoms with Crippen molar-refractivity contribution in [1.29, 1.82) is 0 Å². The van der Waals surface area contributed by atoms with Gasteiger partial charge in [0.15, 0.2) is 4.34 Å². The number of nitrogens with zero attached hydrogens (tertiary/aromatic N) is 2. The number of phenols is 1. The lowest BCUT2D eigenvalue weighted by molar-refractivity contribution is 0.468. The Morgan fingerprint density at radius 1 is 1.42 bits per heavy atom. The summed E-state index contributed by atoms with van der Waals surface area (Å²) < 4.78 is 6.12. The van der Waals surface area contributed by atoms with Crippen LogP contribution in [-0.2, 0) is 5.75 Å². The fourth-order valence-electron chi connectivity index (χ4n) is 2.40. The van der Waals surface area contributed by atoms with E-state index in [1.807, 2.05) is 0 Å². The second-order valence-electron chi connectivity index (χ2n) is 5.76. The van der Waals surface area contributed by atoms with E-state index >= 15 is 0 Å². The summed E-state index contributed by atoms with van der Waals surface area (Å²) in [6.45, 7) is 1.73. The van der Waals surface area contributed by atoms with Gasteiger partial charge in [0.1, 0.15) is 11.3 Å². The maximum atomic E-state index is 11.8. The van der Waals surface area contributed by atoms with Gasteiger partial charge in [0, 0.05) is 28.8 Å². The van der Waals surface area contributed by atoms with E-state index in [1.165, 1.54) is 42.0 Å². The summed E-state index contributed by atoms with van der Waals surface area (Å²) in [4.78, 5) is 11.8. The first kappa shape index (κ1) is 15.5. The normalized spacial score (nSPS) is 14.2. The van der Waals surface area contributed by atoms with Crippen LogP contribution in [0.1, 0.15) is 24.0 Å². The van der Waals surface area contributed by atoms with Crippen LogP contribution in [0, 0.1) is 6.92 Å². The Morgan fingerprint density at radius 2 is 2.25 bits per heavy atom. The van der Waals surface area contributed by atoms with Crippen LogP contribution in [-0.4, -0.2) is 21.3 Å². The smallest absolute Gasteiger partial charge is 0.336 e. The molecule has 0 unspecified atom stereocenters. The molecule has 124 valence electrons. The topological polar surface area (TPSA) is 88.3 Å². The summed E-state index contributed by atoms with van der Waals surface area (Å²) in [5.41, 5.74) is 1.45. The fourth-order valence-corrected chi connectivity index (χ4v) is 4.22. The molecule has 2 aromatic heterocycles. The van der Waals surface area contributed by atoms with E-state index in [9.17, 15) is 9.90 Å². The molecule has 1 saturated carbocycles. The van der Waals surface area contributed by atoms with Crippen LogP contribution in [0.25, 0.3) is 11.0 Å². The number of aromatic hydroxyl groups is 1. The SMILES string of the molecule is Cc1c(O)ccc2c(CSc3nnc(NC4CC4)s3)cc(=O)oc12. The van der Waals surface area contributed by atoms with E-state index in [-0.39, 0.29) is 5.75 Å². The number of anilines is 1. The summed E-state index contributed by atoms with van der Waals surface area (Å²) in [5, 5.41) is 23.1. The van der Waals surface area contributed by atoms with Crippen LogP contribution in [0.15, 0.2) is 31.8 Å². The summed E-state index contributed by atoms with van der Waals surface area (Å²) in [7, 11) is 0. The number of aromatic nitrogens is 2. The zero-order valence-electron chi connectivity index (χ0n) is 12.9. The van der Waals surface area contributed by atoms with Crippen molar-refractivity contribution in [1.82, 2.24) is 10.2 Å². The number of nitrogens with one attached hydrogen (secondary N) is 1. The van der Waals surface area contributed by atoms with Crippen LogP contribution in [0.4, 0.5) is 5.13 Å². The van der Waals surface area contributed by atoms with E-state index in [0.29, 0.717) is 22.9 Å². The molecule has 1 aromatic carbocycles. The quantitative estimate of drug-likeness (QED) is 0.531. The van der Waals surface area contributed by atoms with E-state index in [0.717, 1.165) is 20.4 Å². The van der Waals surface area contributed by atoms with Crippen molar-refractivity contribution in [3.8, 4) is 5.75 Å². The molecule has 0 spiro atoms.